The summed E-state index contributed by atoms with van der Waals surface area (Å²) in [6, 6.07) is 34.3. The summed E-state index contributed by atoms with van der Waals surface area (Å²) in [4.78, 5) is 22.4. The van der Waals surface area contributed by atoms with Crippen molar-refractivity contribution in [3.63, 3.8) is 0 Å². The fourth-order valence-electron chi connectivity index (χ4n) is 4.90. The Morgan fingerprint density at radius 1 is 0.730 bits per heavy atom. The minimum atomic E-state index is -0.207. The average molecular weight is 489 g/mol. The first-order chi connectivity index (χ1) is 18.2. The van der Waals surface area contributed by atoms with Crippen molar-refractivity contribution in [2.75, 3.05) is 47.9 Å². The summed E-state index contributed by atoms with van der Waals surface area (Å²) in [7, 11) is 0. The Kier molecular flexibility index (Phi) is 6.29. The topological polar surface area (TPSA) is 57.7 Å². The molecule has 6 rings (SSSR count). The molecule has 0 atom stereocenters. The molecule has 4 aromatic carbocycles. The summed E-state index contributed by atoms with van der Waals surface area (Å²) >= 11 is 0. The third-order valence-corrected chi connectivity index (χ3v) is 6.82. The van der Waals surface area contributed by atoms with Crippen LogP contribution >= 0.6 is 0 Å². The largest absolute Gasteiger partial charge is 0.481 e. The Balaban J connectivity index is 1.15. The third-order valence-electron chi connectivity index (χ3n) is 6.82. The number of ether oxygens (including phenoxy) is 1. The normalized spacial score (nSPS) is 13.6. The third kappa shape index (κ3) is 4.91. The Morgan fingerprint density at radius 3 is 2.30 bits per heavy atom. The van der Waals surface area contributed by atoms with E-state index in [0.717, 1.165) is 59.4 Å². The van der Waals surface area contributed by atoms with Gasteiger partial charge in [-0.25, -0.2) is 4.98 Å². The van der Waals surface area contributed by atoms with Gasteiger partial charge in [-0.05, 0) is 41.8 Å². The number of aromatic nitrogens is 1. The lowest BCUT2D eigenvalue weighted by Gasteiger charge is -2.36. The van der Waals surface area contributed by atoms with Gasteiger partial charge in [0, 0.05) is 48.3 Å². The van der Waals surface area contributed by atoms with E-state index >= 15 is 0 Å². The number of pyridine rings is 1. The highest BCUT2D eigenvalue weighted by Crippen LogP contribution is 2.28. The zero-order valence-electron chi connectivity index (χ0n) is 20.5. The molecule has 1 fully saturated rings. The van der Waals surface area contributed by atoms with E-state index in [1.54, 1.807) is 0 Å². The Bertz CT molecular complexity index is 1540. The Labute approximate surface area is 216 Å². The summed E-state index contributed by atoms with van der Waals surface area (Å²) in [5.41, 5.74) is 2.80. The van der Waals surface area contributed by atoms with E-state index in [9.17, 15) is 4.79 Å². The number of amides is 1. The zero-order valence-corrected chi connectivity index (χ0v) is 20.5. The monoisotopic (exact) mass is 488 g/mol. The Hall–Kier alpha value is -4.58. The van der Waals surface area contributed by atoms with Gasteiger partial charge in [0.1, 0.15) is 17.1 Å². The number of nitrogens with zero attached hydrogens (tertiary/aromatic N) is 3. The SMILES string of the molecule is O=C(COc1cccc2ccc(N3CCN(c4ccccc4)CC3)nc12)Nc1cccc2ccccc12. The summed E-state index contributed by atoms with van der Waals surface area (Å²) in [6.07, 6.45) is 0. The quantitative estimate of drug-likeness (QED) is 0.331. The number of hydrogen-bond donors (Lipinski definition) is 1. The number of benzene rings is 4. The van der Waals surface area contributed by atoms with Crippen molar-refractivity contribution >= 4 is 44.8 Å². The molecular weight excluding hydrogens is 460 g/mol. The van der Waals surface area contributed by atoms with Crippen molar-refractivity contribution in [1.29, 1.82) is 0 Å². The molecule has 1 aliphatic rings. The standard InChI is InChI=1S/C31H28N4O2/c36-30(32-27-14-6-9-23-8-4-5-13-26(23)27)22-37-28-15-7-10-24-16-17-29(33-31(24)28)35-20-18-34(19-21-35)25-11-2-1-3-12-25/h1-17H,18-22H2,(H,32,36). The van der Waals surface area contributed by atoms with E-state index < -0.39 is 0 Å². The highest BCUT2D eigenvalue weighted by molar-refractivity contribution is 6.02. The fraction of sp³-hybridized carbons (Fsp3) is 0.161. The van der Waals surface area contributed by atoms with Crippen LogP contribution in [0.25, 0.3) is 21.7 Å². The minimum absolute atomic E-state index is 0.0933. The van der Waals surface area contributed by atoms with Crippen LogP contribution < -0.4 is 19.9 Å². The number of nitrogens with one attached hydrogen (secondary N) is 1. The molecule has 1 aliphatic heterocycles. The first-order valence-corrected chi connectivity index (χ1v) is 12.6. The molecule has 1 amide bonds. The summed E-state index contributed by atoms with van der Waals surface area (Å²) < 4.78 is 5.98. The predicted molar refractivity (Wildman–Crippen MR) is 151 cm³/mol. The maximum Gasteiger partial charge on any atom is 0.262 e. The van der Waals surface area contributed by atoms with E-state index in [-0.39, 0.29) is 12.5 Å². The predicted octanol–water partition coefficient (Wildman–Crippen LogP) is 5.73. The van der Waals surface area contributed by atoms with Crippen molar-refractivity contribution in [2.24, 2.45) is 0 Å². The lowest BCUT2D eigenvalue weighted by atomic mass is 10.1. The second-order valence-electron chi connectivity index (χ2n) is 9.17. The van der Waals surface area contributed by atoms with Crippen LogP contribution in [0.15, 0.2) is 103 Å². The van der Waals surface area contributed by atoms with Gasteiger partial charge in [0.15, 0.2) is 6.61 Å². The molecule has 1 N–H and O–H groups in total. The van der Waals surface area contributed by atoms with E-state index in [0.29, 0.717) is 5.75 Å². The first kappa shape index (κ1) is 22.9. The first-order valence-electron chi connectivity index (χ1n) is 12.6. The van der Waals surface area contributed by atoms with Crippen LogP contribution in [0.4, 0.5) is 17.2 Å². The van der Waals surface area contributed by atoms with Crippen LogP contribution in [0.5, 0.6) is 5.75 Å². The lowest BCUT2D eigenvalue weighted by molar-refractivity contribution is -0.118. The molecule has 0 unspecified atom stereocenters. The smallest absolute Gasteiger partial charge is 0.262 e. The number of hydrogen-bond acceptors (Lipinski definition) is 5. The van der Waals surface area contributed by atoms with Crippen LogP contribution in [0.1, 0.15) is 0 Å². The van der Waals surface area contributed by atoms with Crippen LogP contribution in [-0.2, 0) is 4.79 Å². The fourth-order valence-corrected chi connectivity index (χ4v) is 4.90. The molecule has 0 bridgehead atoms. The van der Waals surface area contributed by atoms with Crippen molar-refractivity contribution in [3.8, 4) is 5.75 Å². The van der Waals surface area contributed by atoms with Crippen molar-refractivity contribution in [1.82, 2.24) is 4.98 Å². The molecule has 0 saturated carbocycles. The van der Waals surface area contributed by atoms with E-state index in [1.807, 2.05) is 66.7 Å². The van der Waals surface area contributed by atoms with E-state index in [2.05, 4.69) is 51.5 Å². The number of piperazine rings is 1. The number of anilines is 3. The molecule has 6 heteroatoms. The molecule has 0 radical (unpaired) electrons. The van der Waals surface area contributed by atoms with Gasteiger partial charge in [-0.15, -0.1) is 0 Å². The van der Waals surface area contributed by atoms with Gasteiger partial charge in [-0.1, -0.05) is 66.7 Å². The summed E-state index contributed by atoms with van der Waals surface area (Å²) in [6.45, 7) is 3.57. The van der Waals surface area contributed by atoms with E-state index in [1.165, 1.54) is 5.69 Å². The molecule has 2 heterocycles. The molecular formula is C31H28N4O2. The van der Waals surface area contributed by atoms with Gasteiger partial charge in [-0.2, -0.15) is 0 Å². The van der Waals surface area contributed by atoms with Gasteiger partial charge in [0.05, 0.1) is 0 Å². The second kappa shape index (κ2) is 10.2. The highest BCUT2D eigenvalue weighted by Gasteiger charge is 2.19. The van der Waals surface area contributed by atoms with Gasteiger partial charge >= 0.3 is 0 Å². The lowest BCUT2D eigenvalue weighted by Crippen LogP contribution is -2.46. The van der Waals surface area contributed by atoms with Crippen LogP contribution in [0.2, 0.25) is 0 Å². The van der Waals surface area contributed by atoms with Crippen LogP contribution in [-0.4, -0.2) is 43.7 Å². The summed E-state index contributed by atoms with van der Waals surface area (Å²) in [5.74, 6) is 1.33. The average Bonchev–Trinajstić information content (AvgIpc) is 2.96. The molecule has 37 heavy (non-hydrogen) atoms. The summed E-state index contributed by atoms with van der Waals surface area (Å²) in [5, 5.41) is 6.05. The molecule has 1 aromatic heterocycles. The molecule has 184 valence electrons. The maximum absolute atomic E-state index is 12.8. The van der Waals surface area contributed by atoms with Gasteiger partial charge in [0.25, 0.3) is 5.91 Å². The minimum Gasteiger partial charge on any atom is -0.481 e. The number of rotatable bonds is 6. The molecule has 5 aromatic rings. The van der Waals surface area contributed by atoms with Crippen molar-refractivity contribution < 1.29 is 9.53 Å². The number of carbonyl (C=O) groups excluding carboxylic acids is 1. The molecule has 0 spiro atoms. The molecule has 0 aliphatic carbocycles. The van der Waals surface area contributed by atoms with Gasteiger partial charge in [-0.3, -0.25) is 4.79 Å². The zero-order chi connectivity index (χ0) is 25.0. The number of fused-ring (bicyclic) bond motifs is 2. The molecule has 6 nitrogen and oxygen atoms in total. The van der Waals surface area contributed by atoms with Crippen LogP contribution in [0, 0.1) is 0 Å². The maximum atomic E-state index is 12.8. The van der Waals surface area contributed by atoms with Gasteiger partial charge < -0.3 is 19.9 Å². The van der Waals surface area contributed by atoms with Crippen molar-refractivity contribution in [2.45, 2.75) is 0 Å². The Morgan fingerprint density at radius 2 is 1.43 bits per heavy atom. The van der Waals surface area contributed by atoms with E-state index in [4.69, 9.17) is 9.72 Å². The number of carbonyl (C=O) groups is 1. The van der Waals surface area contributed by atoms with Crippen LogP contribution in [0.3, 0.4) is 0 Å². The highest BCUT2D eigenvalue weighted by atomic mass is 16.5. The van der Waals surface area contributed by atoms with Gasteiger partial charge in [0.2, 0.25) is 0 Å². The second-order valence-corrected chi connectivity index (χ2v) is 9.17. The van der Waals surface area contributed by atoms with Crippen molar-refractivity contribution in [3.05, 3.63) is 103 Å². The molecule has 1 saturated heterocycles. The number of para-hydroxylation sites is 2.